The van der Waals surface area contributed by atoms with Gasteiger partial charge in [-0.05, 0) is 45.2 Å². The van der Waals surface area contributed by atoms with Crippen LogP contribution in [0.1, 0.15) is 40.0 Å². The first-order chi connectivity index (χ1) is 12.2. The molecule has 2 aliphatic rings. The lowest BCUT2D eigenvalue weighted by molar-refractivity contribution is 0.0376. The minimum atomic E-state index is 0. The van der Waals surface area contributed by atoms with Crippen molar-refractivity contribution in [1.82, 2.24) is 20.4 Å². The molecule has 0 aliphatic carbocycles. The molecule has 2 N–H and O–H groups in total. The summed E-state index contributed by atoms with van der Waals surface area (Å²) < 4.78 is 5.40. The van der Waals surface area contributed by atoms with Crippen LogP contribution in [-0.2, 0) is 4.74 Å². The van der Waals surface area contributed by atoms with Crippen molar-refractivity contribution in [3.05, 3.63) is 0 Å². The molecule has 1 atom stereocenters. The molecular formula is C19H40IN5O. The summed E-state index contributed by atoms with van der Waals surface area (Å²) in [4.78, 5) is 9.96. The summed E-state index contributed by atoms with van der Waals surface area (Å²) >= 11 is 0. The number of nitrogens with zero attached hydrogens (tertiary/aromatic N) is 3. The van der Waals surface area contributed by atoms with Crippen LogP contribution in [0.4, 0.5) is 0 Å². The van der Waals surface area contributed by atoms with E-state index in [0.717, 1.165) is 70.8 Å². The first-order valence-corrected chi connectivity index (χ1v) is 10.3. The highest BCUT2D eigenvalue weighted by molar-refractivity contribution is 14.0. The van der Waals surface area contributed by atoms with Gasteiger partial charge in [-0.2, -0.15) is 0 Å². The van der Waals surface area contributed by atoms with Crippen LogP contribution < -0.4 is 10.6 Å². The highest BCUT2D eigenvalue weighted by atomic mass is 127. The van der Waals surface area contributed by atoms with E-state index in [2.05, 4.69) is 41.2 Å². The maximum Gasteiger partial charge on any atom is 0.191 e. The van der Waals surface area contributed by atoms with E-state index < -0.39 is 0 Å². The average Bonchev–Trinajstić information content (AvgIpc) is 3.03. The molecule has 0 aromatic heterocycles. The molecule has 154 valence electrons. The third-order valence-electron chi connectivity index (χ3n) is 4.95. The Morgan fingerprint density at radius 3 is 2.65 bits per heavy atom. The number of likely N-dealkylation sites (tertiary alicyclic amines) is 1. The summed E-state index contributed by atoms with van der Waals surface area (Å²) in [5, 5.41) is 6.89. The van der Waals surface area contributed by atoms with E-state index in [0.29, 0.717) is 6.04 Å². The molecule has 2 heterocycles. The molecule has 0 amide bonds. The van der Waals surface area contributed by atoms with Crippen molar-refractivity contribution in [2.75, 3.05) is 65.6 Å². The number of nitrogens with one attached hydrogen (secondary N) is 2. The van der Waals surface area contributed by atoms with Crippen molar-refractivity contribution in [2.45, 2.75) is 46.1 Å². The molecular weight excluding hydrogens is 441 g/mol. The monoisotopic (exact) mass is 481 g/mol. The van der Waals surface area contributed by atoms with Crippen molar-refractivity contribution >= 4 is 29.9 Å². The highest BCUT2D eigenvalue weighted by Crippen LogP contribution is 2.18. The number of rotatable bonds is 9. The van der Waals surface area contributed by atoms with Gasteiger partial charge in [0.15, 0.2) is 5.96 Å². The molecule has 0 radical (unpaired) electrons. The number of aliphatic imine (C=N–C) groups is 1. The molecule has 0 aromatic rings. The molecule has 2 saturated heterocycles. The molecule has 6 nitrogen and oxygen atoms in total. The van der Waals surface area contributed by atoms with Crippen LogP contribution in [0.5, 0.6) is 0 Å². The Kier molecular flexibility index (Phi) is 12.8. The lowest BCUT2D eigenvalue weighted by Crippen LogP contribution is -2.41. The number of guanidine groups is 1. The van der Waals surface area contributed by atoms with E-state index in [-0.39, 0.29) is 24.0 Å². The Hall–Kier alpha value is -0.120. The van der Waals surface area contributed by atoms with Gasteiger partial charge >= 0.3 is 0 Å². The van der Waals surface area contributed by atoms with Crippen LogP contribution >= 0.6 is 24.0 Å². The Morgan fingerprint density at radius 2 is 1.96 bits per heavy atom. The van der Waals surface area contributed by atoms with Crippen molar-refractivity contribution in [3.63, 3.8) is 0 Å². The number of halogens is 1. The van der Waals surface area contributed by atoms with Crippen LogP contribution in [0.2, 0.25) is 0 Å². The van der Waals surface area contributed by atoms with Gasteiger partial charge in [0.05, 0.1) is 19.8 Å². The zero-order chi connectivity index (χ0) is 17.9. The molecule has 26 heavy (non-hydrogen) atoms. The van der Waals surface area contributed by atoms with Crippen molar-refractivity contribution < 1.29 is 4.74 Å². The van der Waals surface area contributed by atoms with Gasteiger partial charge in [-0.3, -0.25) is 14.8 Å². The zero-order valence-corrected chi connectivity index (χ0v) is 19.3. The third-order valence-corrected chi connectivity index (χ3v) is 4.95. The molecule has 0 aromatic carbocycles. The summed E-state index contributed by atoms with van der Waals surface area (Å²) in [7, 11) is 0. The number of hydrogen-bond donors (Lipinski definition) is 2. The second-order valence-corrected chi connectivity index (χ2v) is 7.64. The number of hydrogen-bond acceptors (Lipinski definition) is 4. The molecule has 2 rings (SSSR count). The van der Waals surface area contributed by atoms with E-state index >= 15 is 0 Å². The Morgan fingerprint density at radius 1 is 1.19 bits per heavy atom. The fourth-order valence-corrected chi connectivity index (χ4v) is 3.68. The molecule has 2 aliphatic heterocycles. The predicted molar refractivity (Wildman–Crippen MR) is 121 cm³/mol. The first-order valence-electron chi connectivity index (χ1n) is 10.3. The fraction of sp³-hybridized carbons (Fsp3) is 0.947. The number of ether oxygens (including phenoxy) is 1. The Labute approximate surface area is 177 Å². The molecule has 0 unspecified atom stereocenters. The minimum Gasteiger partial charge on any atom is -0.379 e. The van der Waals surface area contributed by atoms with Gasteiger partial charge in [-0.15, -0.1) is 24.0 Å². The molecule has 0 bridgehead atoms. The van der Waals surface area contributed by atoms with E-state index in [4.69, 9.17) is 9.73 Å². The van der Waals surface area contributed by atoms with Crippen LogP contribution in [0.3, 0.4) is 0 Å². The average molecular weight is 481 g/mol. The smallest absolute Gasteiger partial charge is 0.191 e. The third kappa shape index (κ3) is 9.19. The van der Waals surface area contributed by atoms with Gasteiger partial charge in [0, 0.05) is 38.8 Å². The van der Waals surface area contributed by atoms with Crippen molar-refractivity contribution in [2.24, 2.45) is 10.9 Å². The lowest BCUT2D eigenvalue weighted by Gasteiger charge is -2.26. The molecule has 2 fully saturated rings. The van der Waals surface area contributed by atoms with Gasteiger partial charge in [-0.25, -0.2) is 0 Å². The summed E-state index contributed by atoms with van der Waals surface area (Å²) in [6.07, 6.45) is 3.75. The SMILES string of the molecule is CCNC(=NC[C@H]1CCCN1CC(C)C)NCCCN1CCOCC1.I. The second kappa shape index (κ2) is 14.0. The standard InChI is InChI=1S/C19H39N5O.HI/c1-4-20-19(21-8-6-9-23-11-13-25-14-12-23)22-15-18-7-5-10-24(18)16-17(2)3;/h17-18H,4-16H2,1-3H3,(H2,20,21,22);1H/t18-;/m1./s1. The van der Waals surface area contributed by atoms with Crippen molar-refractivity contribution in [3.8, 4) is 0 Å². The van der Waals surface area contributed by atoms with E-state index in [1.807, 2.05) is 0 Å². The molecule has 0 spiro atoms. The van der Waals surface area contributed by atoms with Gasteiger partial charge in [-0.1, -0.05) is 13.8 Å². The van der Waals surface area contributed by atoms with Gasteiger partial charge in [0.2, 0.25) is 0 Å². The minimum absolute atomic E-state index is 0. The maximum atomic E-state index is 5.40. The summed E-state index contributed by atoms with van der Waals surface area (Å²) in [5.74, 6) is 1.71. The van der Waals surface area contributed by atoms with E-state index in [9.17, 15) is 0 Å². The normalized spacial score (nSPS) is 22.5. The lowest BCUT2D eigenvalue weighted by atomic mass is 10.2. The van der Waals surface area contributed by atoms with E-state index in [1.165, 1.54) is 25.9 Å². The topological polar surface area (TPSA) is 52.1 Å². The second-order valence-electron chi connectivity index (χ2n) is 7.64. The summed E-state index contributed by atoms with van der Waals surface area (Å²) in [5.41, 5.74) is 0. The first kappa shape index (κ1) is 23.9. The number of morpholine rings is 1. The largest absolute Gasteiger partial charge is 0.379 e. The van der Waals surface area contributed by atoms with Crippen LogP contribution in [0.25, 0.3) is 0 Å². The molecule has 7 heteroatoms. The van der Waals surface area contributed by atoms with Crippen molar-refractivity contribution in [1.29, 1.82) is 0 Å². The van der Waals surface area contributed by atoms with Gasteiger partial charge in [0.1, 0.15) is 0 Å². The quantitative estimate of drug-likeness (QED) is 0.229. The maximum absolute atomic E-state index is 5.40. The highest BCUT2D eigenvalue weighted by Gasteiger charge is 2.24. The van der Waals surface area contributed by atoms with E-state index in [1.54, 1.807) is 0 Å². The van der Waals surface area contributed by atoms with Gasteiger partial charge < -0.3 is 15.4 Å². The van der Waals surface area contributed by atoms with Crippen LogP contribution in [-0.4, -0.2) is 87.4 Å². The Balaban J connectivity index is 0.00000338. The Bertz CT molecular complexity index is 388. The fourth-order valence-electron chi connectivity index (χ4n) is 3.68. The van der Waals surface area contributed by atoms with Gasteiger partial charge in [0.25, 0.3) is 0 Å². The summed E-state index contributed by atoms with van der Waals surface area (Å²) in [6.45, 7) is 17.0. The van der Waals surface area contributed by atoms with Crippen LogP contribution in [0.15, 0.2) is 4.99 Å². The molecule has 0 saturated carbocycles. The van der Waals surface area contributed by atoms with Crippen LogP contribution in [0, 0.1) is 5.92 Å². The summed E-state index contributed by atoms with van der Waals surface area (Å²) in [6, 6.07) is 0.617. The predicted octanol–water partition coefficient (Wildman–Crippen LogP) is 2.00. The zero-order valence-electron chi connectivity index (χ0n) is 17.0.